The number of benzene rings is 9. The van der Waals surface area contributed by atoms with Crippen molar-refractivity contribution in [2.75, 3.05) is 35.8 Å². The third-order valence-corrected chi connectivity index (χ3v) is 28.4. The smallest absolute Gasteiger partial charge is 0.321 e. The number of carboxylic acid groups (broad SMARTS) is 2. The van der Waals surface area contributed by atoms with Crippen molar-refractivity contribution in [3.05, 3.63) is 263 Å². The van der Waals surface area contributed by atoms with Gasteiger partial charge in [-0.1, -0.05) is 121 Å². The average Bonchev–Trinajstić information content (AvgIpc) is 1.53. The van der Waals surface area contributed by atoms with Crippen LogP contribution in [0, 0.1) is 42.4 Å². The number of carbonyl (C=O) groups excluding carboxylic acids is 10. The normalized spacial score (nSPS) is 22.4. The van der Waals surface area contributed by atoms with Crippen LogP contribution in [0.2, 0.25) is 0 Å². The molecule has 4 fully saturated rings. The number of imide groups is 2. The van der Waals surface area contributed by atoms with Crippen LogP contribution in [0.15, 0.2) is 248 Å². The molecule has 27 nitrogen and oxygen atoms in total. The Morgan fingerprint density at radius 2 is 0.966 bits per heavy atom. The van der Waals surface area contributed by atoms with Crippen molar-refractivity contribution < 1.29 is 102 Å². The zero-order valence-electron chi connectivity index (χ0n) is 64.5. The third kappa shape index (κ3) is 16.8. The van der Waals surface area contributed by atoms with E-state index >= 15 is 0 Å². The predicted molar refractivity (Wildman–Crippen MR) is 430 cm³/mol. The zero-order chi connectivity index (χ0) is 85.4. The number of cyclic esters (lactones) is 4. The fourth-order valence-corrected chi connectivity index (χ4v) is 21.5. The molecule has 16 rings (SSSR count). The second-order valence-corrected chi connectivity index (χ2v) is 36.2. The molecule has 4 saturated heterocycles. The van der Waals surface area contributed by atoms with Crippen LogP contribution in [0.25, 0.3) is 0 Å². The van der Waals surface area contributed by atoms with Crippen LogP contribution >= 0.6 is 0 Å². The van der Waals surface area contributed by atoms with E-state index in [1.807, 2.05) is 24.3 Å². The number of nitrogens with zero attached hydrogens (tertiary/aromatic N) is 2. The minimum atomic E-state index is -3.90. The molecule has 9 aromatic rings. The molecule has 7 aliphatic rings. The lowest BCUT2D eigenvalue weighted by Crippen LogP contribution is -2.38. The van der Waals surface area contributed by atoms with Gasteiger partial charge in [0.05, 0.1) is 89.3 Å². The monoisotopic (exact) mass is 1670 g/mol. The summed E-state index contributed by atoms with van der Waals surface area (Å²) in [6.07, 6.45) is -0.0385. The highest BCUT2D eigenvalue weighted by Crippen LogP contribution is 2.55. The number of aliphatic carboxylic acids is 2. The van der Waals surface area contributed by atoms with Crippen molar-refractivity contribution in [3.63, 3.8) is 0 Å². The van der Waals surface area contributed by atoms with E-state index in [0.717, 1.165) is 26.5 Å². The molecule has 12 unspecified atom stereocenters. The number of aryl methyl sites for hydroxylation is 1. The zero-order valence-corrected chi connectivity index (χ0v) is 66.9. The van der Waals surface area contributed by atoms with Crippen molar-refractivity contribution in [1.29, 1.82) is 0 Å². The Labute approximate surface area is 684 Å². The average molecular weight is 1670 g/mol. The Hall–Kier alpha value is -12.9. The van der Waals surface area contributed by atoms with Gasteiger partial charge in [-0.05, 0) is 192 Å². The number of carboxylic acids is 2. The van der Waals surface area contributed by atoms with Gasteiger partial charge in [-0.3, -0.25) is 62.4 Å². The quantitative estimate of drug-likeness (QED) is 0.0230. The molecule has 612 valence electrons. The molecule has 0 bridgehead atoms. The maximum atomic E-state index is 13.8. The second kappa shape index (κ2) is 34.0. The molecular weight excluding hydrogens is 1590 g/mol. The fourth-order valence-electron chi connectivity index (χ4n) is 17.4. The number of Topliss-reactive ketones (excluding diaryl/α,β-unsaturated/α-hetero) is 2. The van der Waals surface area contributed by atoms with Gasteiger partial charge in [0.15, 0.2) is 0 Å². The summed E-state index contributed by atoms with van der Waals surface area (Å²) in [6.45, 7) is 3.10. The topological polar surface area (TPSA) is 437 Å². The molecule has 0 saturated carbocycles. The molecule has 119 heavy (non-hydrogen) atoms. The van der Waals surface area contributed by atoms with Gasteiger partial charge in [-0.15, -0.1) is 0 Å². The number of nitrogen functional groups attached to an aromatic ring is 2. The van der Waals surface area contributed by atoms with Crippen LogP contribution in [0.1, 0.15) is 125 Å². The summed E-state index contributed by atoms with van der Waals surface area (Å²) in [7, 11) is -8.18. The predicted octanol–water partition coefficient (Wildman–Crippen LogP) is 10.6. The van der Waals surface area contributed by atoms with E-state index in [1.54, 1.807) is 129 Å². The number of nitrogens with one attached hydrogen (secondary N) is 1. The van der Waals surface area contributed by atoms with E-state index in [1.165, 1.54) is 92.8 Å². The van der Waals surface area contributed by atoms with Gasteiger partial charge in [0.2, 0.25) is 53.1 Å². The summed E-state index contributed by atoms with van der Waals surface area (Å²) in [5.74, 6) is -15.1. The summed E-state index contributed by atoms with van der Waals surface area (Å²) in [4.78, 5) is 153. The van der Waals surface area contributed by atoms with Crippen LogP contribution in [-0.4, -0.2) is 125 Å². The number of esters is 4. The number of carbonyl (C=O) groups is 12. The van der Waals surface area contributed by atoms with Crippen molar-refractivity contribution in [2.24, 2.45) is 35.5 Å². The fraction of sp³-hybridized carbons (Fsp3) is 0.258. The van der Waals surface area contributed by atoms with Gasteiger partial charge < -0.3 is 36.5 Å². The van der Waals surface area contributed by atoms with Crippen LogP contribution in [-0.2, 0) is 103 Å². The van der Waals surface area contributed by atoms with Crippen molar-refractivity contribution in [3.8, 4) is 0 Å². The first kappa shape index (κ1) is 84.0. The number of ether oxygens (including phenoxy) is 2. The maximum Gasteiger partial charge on any atom is 0.321 e. The van der Waals surface area contributed by atoms with E-state index in [2.05, 4.69) is 10.1 Å². The Kier molecular flexibility index (Phi) is 24.0. The first-order chi connectivity index (χ1) is 56.6. The first-order valence-corrected chi connectivity index (χ1v) is 42.5. The van der Waals surface area contributed by atoms with Crippen molar-refractivity contribution in [1.82, 2.24) is 4.90 Å². The largest absolute Gasteiger partial charge is 0.481 e. The SMILES string of the molecule is CNc1cccc(S(=O)(=O)c2cccc(CC(=O)C3CC(C(CC(=O)O)C(C)=O)c4ccccc4C3C(=O)O)c2)c1.Cc1cccc(S(=O)(=O)c2cccc(N3C(=O)C4CC(C5CC(=O)N(C)C5=O)c5ccccc5C4C3=O)c2)c1.Nc1cccc(S(=O)(=O)c2cccc(N)c2)c1.O=C1CC(C2CC3C(=O)OC(=O)C3c3ccccc32)C(=O)O1. The number of anilines is 4. The number of hydrogen-bond acceptors (Lipinski definition) is 23. The number of nitrogens with two attached hydrogens (primary N) is 2. The van der Waals surface area contributed by atoms with Gasteiger partial charge in [0.1, 0.15) is 11.6 Å². The highest BCUT2D eigenvalue weighted by atomic mass is 32.2. The molecule has 12 atom stereocenters. The van der Waals surface area contributed by atoms with Gasteiger partial charge >= 0.3 is 35.8 Å². The molecule has 9 aromatic carbocycles. The first-order valence-electron chi connectivity index (χ1n) is 38.0. The third-order valence-electron chi connectivity index (χ3n) is 23.1. The molecule has 30 heteroatoms. The molecule has 4 amide bonds. The van der Waals surface area contributed by atoms with E-state index in [-0.39, 0.29) is 96.6 Å². The van der Waals surface area contributed by atoms with Crippen molar-refractivity contribution in [2.45, 2.75) is 124 Å². The van der Waals surface area contributed by atoms with Gasteiger partial charge in [-0.2, -0.15) is 0 Å². The molecule has 4 aliphatic heterocycles. The number of amides is 4. The number of fused-ring (bicyclic) bond motifs is 7. The molecule has 0 spiro atoms. The van der Waals surface area contributed by atoms with E-state index in [4.69, 9.17) is 16.2 Å². The van der Waals surface area contributed by atoms with Crippen LogP contribution < -0.4 is 21.7 Å². The van der Waals surface area contributed by atoms with Gasteiger partial charge in [0.25, 0.3) is 0 Å². The molecule has 7 N–H and O–H groups in total. The van der Waals surface area contributed by atoms with Crippen LogP contribution in [0.3, 0.4) is 0 Å². The Bertz CT molecular complexity index is 6020. The molecule has 4 heterocycles. The highest BCUT2D eigenvalue weighted by molar-refractivity contribution is 7.92. The molecule has 0 radical (unpaired) electrons. The van der Waals surface area contributed by atoms with Crippen LogP contribution in [0.5, 0.6) is 0 Å². The summed E-state index contributed by atoms with van der Waals surface area (Å²) < 4.78 is 87.2. The Balaban J connectivity index is 0.000000145. The second-order valence-electron chi connectivity index (χ2n) is 30.3. The van der Waals surface area contributed by atoms with E-state index < -0.39 is 149 Å². The van der Waals surface area contributed by atoms with Gasteiger partial charge in [-0.25, -0.2) is 30.2 Å². The minimum Gasteiger partial charge on any atom is -0.481 e. The number of likely N-dealkylation sites (tertiary alicyclic amines) is 1. The molecular formula is C89H81N5O22S3. The van der Waals surface area contributed by atoms with Crippen LogP contribution in [0.4, 0.5) is 22.7 Å². The standard InChI is InChI=1S/C31H31NO8S.C30H26N2O6S.C16H12O6.C12H12N2O2S/c1-18(33)25(17-29(35)36)26-16-27(30(31(37)38)24-12-4-3-11-23(24)26)28(34)14-19-7-5-9-21(13-19)41(39,40)22-10-6-8-20(15-22)32-2;1-17-7-5-9-19(13-17)39(37,38)20-10-6-8-18(14-20)32-29(35)25-15-23(24-16-26(33)31(2)28(24)34)21-11-3-4-12-22(21)27(25)30(32)36;17-12-6-10(14(18)21-12)9-5-11-13(16(20)22-15(11)19)8-4-2-1-3-7(8)9;13-9-3-1-5-11(7-9)17(15,16)12-6-2-4-10(14)8-12/h3-13,15,25-27,30,32H,14,16-17H2,1-2H3,(H,35,36)(H,37,38);3-14,23-25,27H,15-16H2,1-2H3;1-4,9-11,13H,5-6H2;1-8H,13-14H2. The number of ketones is 2. The lowest BCUT2D eigenvalue weighted by Gasteiger charge is -2.38. The van der Waals surface area contributed by atoms with Crippen molar-refractivity contribution >= 4 is 123 Å². The maximum absolute atomic E-state index is 13.8. The highest BCUT2D eigenvalue weighted by Gasteiger charge is 2.57. The lowest BCUT2D eigenvalue weighted by molar-refractivity contribution is -0.155. The van der Waals surface area contributed by atoms with E-state index in [9.17, 15) is 93.0 Å². The number of rotatable bonds is 18. The summed E-state index contributed by atoms with van der Waals surface area (Å²) in [5.41, 5.74) is 17.9. The molecule has 0 aromatic heterocycles. The Morgan fingerprint density at radius 1 is 0.479 bits per heavy atom. The summed E-state index contributed by atoms with van der Waals surface area (Å²) >= 11 is 0. The Morgan fingerprint density at radius 3 is 1.50 bits per heavy atom. The number of sulfone groups is 3. The van der Waals surface area contributed by atoms with E-state index in [0.29, 0.717) is 51.3 Å². The number of hydrogen-bond donors (Lipinski definition) is 5. The lowest BCUT2D eigenvalue weighted by atomic mass is 9.64. The minimum absolute atomic E-state index is 0.00388. The molecule has 3 aliphatic carbocycles. The summed E-state index contributed by atoms with van der Waals surface area (Å²) in [5, 5.41) is 22.5. The summed E-state index contributed by atoms with van der Waals surface area (Å²) in [6, 6.07) is 58.3. The van der Waals surface area contributed by atoms with Gasteiger partial charge in [0, 0.05) is 55.8 Å².